The van der Waals surface area contributed by atoms with E-state index in [4.69, 9.17) is 11.6 Å². The molecule has 0 fully saturated rings. The van der Waals surface area contributed by atoms with Crippen molar-refractivity contribution in [3.8, 4) is 0 Å². The first-order valence-electron chi connectivity index (χ1n) is 6.57. The summed E-state index contributed by atoms with van der Waals surface area (Å²) in [6.07, 6.45) is 0. The molecule has 2 aromatic rings. The highest BCUT2D eigenvalue weighted by molar-refractivity contribution is 14.0. The zero-order valence-corrected chi connectivity index (χ0v) is 15.7. The summed E-state index contributed by atoms with van der Waals surface area (Å²) >= 11 is 7.61. The third kappa shape index (κ3) is 6.67. The number of rotatable bonds is 5. The molecule has 0 aliphatic heterocycles. The summed E-state index contributed by atoms with van der Waals surface area (Å²) in [6, 6.07) is 11.9. The van der Waals surface area contributed by atoms with Crippen LogP contribution in [0.25, 0.3) is 0 Å². The van der Waals surface area contributed by atoms with Crippen LogP contribution in [-0.4, -0.2) is 12.5 Å². The van der Waals surface area contributed by atoms with Gasteiger partial charge < -0.3 is 10.6 Å². The van der Waals surface area contributed by atoms with Crippen molar-refractivity contribution in [1.82, 2.24) is 10.6 Å². The molecule has 2 N–H and O–H groups in total. The van der Waals surface area contributed by atoms with E-state index >= 15 is 0 Å². The number of guanidine groups is 1. The second-order valence-corrected chi connectivity index (χ2v) is 5.72. The molecule has 6 heteroatoms. The van der Waals surface area contributed by atoms with Gasteiger partial charge in [0.25, 0.3) is 0 Å². The van der Waals surface area contributed by atoms with Crippen LogP contribution in [0.4, 0.5) is 0 Å². The highest BCUT2D eigenvalue weighted by Gasteiger charge is 1.99. The lowest BCUT2D eigenvalue weighted by atomic mass is 10.2. The Balaban J connectivity index is 0.00000220. The van der Waals surface area contributed by atoms with Gasteiger partial charge in [0.2, 0.25) is 0 Å². The van der Waals surface area contributed by atoms with Gasteiger partial charge in [0.15, 0.2) is 5.96 Å². The maximum absolute atomic E-state index is 5.87. The standard InChI is InChI=1S/C15H18ClN3S.HI/c1-2-17-15(19-11-14-4-3-9-20-14)18-10-12-5-7-13(16)8-6-12;/h3-9H,2,10-11H2,1H3,(H2,17,18,19);1H. The van der Waals surface area contributed by atoms with Crippen molar-refractivity contribution in [2.24, 2.45) is 4.99 Å². The molecule has 3 nitrogen and oxygen atoms in total. The normalized spacial score (nSPS) is 10.9. The number of halogens is 2. The fourth-order valence-electron chi connectivity index (χ4n) is 1.69. The maximum Gasteiger partial charge on any atom is 0.191 e. The number of hydrogen-bond acceptors (Lipinski definition) is 2. The van der Waals surface area contributed by atoms with Crippen LogP contribution < -0.4 is 10.6 Å². The van der Waals surface area contributed by atoms with Crippen LogP contribution in [0.1, 0.15) is 17.4 Å². The van der Waals surface area contributed by atoms with E-state index in [1.54, 1.807) is 11.3 Å². The quantitative estimate of drug-likeness (QED) is 0.418. The van der Waals surface area contributed by atoms with E-state index in [1.165, 1.54) is 4.88 Å². The molecule has 0 saturated heterocycles. The zero-order valence-electron chi connectivity index (χ0n) is 11.8. The van der Waals surface area contributed by atoms with Crippen molar-refractivity contribution in [2.75, 3.05) is 6.54 Å². The van der Waals surface area contributed by atoms with Crippen LogP contribution in [0, 0.1) is 0 Å². The average Bonchev–Trinajstić information content (AvgIpc) is 2.97. The number of nitrogens with zero attached hydrogens (tertiary/aromatic N) is 1. The summed E-state index contributed by atoms with van der Waals surface area (Å²) < 4.78 is 0. The number of thiophene rings is 1. The first-order chi connectivity index (χ1) is 9.78. The first-order valence-corrected chi connectivity index (χ1v) is 7.82. The zero-order chi connectivity index (χ0) is 14.2. The molecule has 0 bridgehead atoms. The Bertz CT molecular complexity index is 541. The van der Waals surface area contributed by atoms with Crippen LogP contribution in [0.2, 0.25) is 5.02 Å². The molecule has 1 aromatic heterocycles. The minimum atomic E-state index is 0. The summed E-state index contributed by atoms with van der Waals surface area (Å²) in [5.41, 5.74) is 1.14. The van der Waals surface area contributed by atoms with Crippen LogP contribution in [0.3, 0.4) is 0 Å². The van der Waals surface area contributed by atoms with Gasteiger partial charge in [-0.3, -0.25) is 0 Å². The molecule has 1 aromatic carbocycles. The summed E-state index contributed by atoms with van der Waals surface area (Å²) in [5, 5.41) is 9.40. The predicted molar refractivity (Wildman–Crippen MR) is 103 cm³/mol. The van der Waals surface area contributed by atoms with E-state index in [2.05, 4.69) is 40.1 Å². The van der Waals surface area contributed by atoms with Crippen LogP contribution >= 0.6 is 46.9 Å². The van der Waals surface area contributed by atoms with Gasteiger partial charge in [0, 0.05) is 16.4 Å². The summed E-state index contributed by atoms with van der Waals surface area (Å²) in [5.74, 6) is 0.829. The summed E-state index contributed by atoms with van der Waals surface area (Å²) in [6.45, 7) is 4.34. The lowest BCUT2D eigenvalue weighted by molar-refractivity contribution is 0.823. The molecule has 0 aliphatic rings. The van der Waals surface area contributed by atoms with Gasteiger partial charge in [0.05, 0.1) is 13.1 Å². The lowest BCUT2D eigenvalue weighted by Gasteiger charge is -2.10. The first kappa shape index (κ1) is 18.3. The SMILES string of the molecule is CCNC(=NCc1ccc(Cl)cc1)NCc1cccs1.I. The molecule has 0 spiro atoms. The number of hydrogen-bond donors (Lipinski definition) is 2. The minimum absolute atomic E-state index is 0. The smallest absolute Gasteiger partial charge is 0.191 e. The molecule has 0 radical (unpaired) electrons. The Morgan fingerprint density at radius 1 is 1.19 bits per heavy atom. The molecule has 21 heavy (non-hydrogen) atoms. The molecular weight excluding hydrogens is 417 g/mol. The molecule has 0 unspecified atom stereocenters. The van der Waals surface area contributed by atoms with Crippen LogP contribution in [0.5, 0.6) is 0 Å². The van der Waals surface area contributed by atoms with Gasteiger partial charge in [-0.05, 0) is 36.1 Å². The molecule has 0 amide bonds. The monoisotopic (exact) mass is 435 g/mol. The lowest BCUT2D eigenvalue weighted by Crippen LogP contribution is -2.36. The minimum Gasteiger partial charge on any atom is -0.357 e. The van der Waals surface area contributed by atoms with E-state index in [0.29, 0.717) is 6.54 Å². The Morgan fingerprint density at radius 2 is 1.95 bits per heavy atom. The molecular formula is C15H19ClIN3S. The Morgan fingerprint density at radius 3 is 2.57 bits per heavy atom. The molecule has 114 valence electrons. The largest absolute Gasteiger partial charge is 0.357 e. The summed E-state index contributed by atoms with van der Waals surface area (Å²) in [4.78, 5) is 5.86. The van der Waals surface area contributed by atoms with Crippen molar-refractivity contribution in [2.45, 2.75) is 20.0 Å². The number of benzene rings is 1. The van der Waals surface area contributed by atoms with Gasteiger partial charge in [0.1, 0.15) is 0 Å². The van der Waals surface area contributed by atoms with Crippen molar-refractivity contribution >= 4 is 52.9 Å². The molecule has 2 rings (SSSR count). The van der Waals surface area contributed by atoms with Gasteiger partial charge in [-0.15, -0.1) is 35.3 Å². The summed E-state index contributed by atoms with van der Waals surface area (Å²) in [7, 11) is 0. The van der Waals surface area contributed by atoms with E-state index in [-0.39, 0.29) is 24.0 Å². The van der Waals surface area contributed by atoms with Crippen molar-refractivity contribution in [3.63, 3.8) is 0 Å². The van der Waals surface area contributed by atoms with E-state index in [1.807, 2.05) is 24.3 Å². The second kappa shape index (κ2) is 10.0. The fourth-order valence-corrected chi connectivity index (χ4v) is 2.46. The Labute approximate surface area is 151 Å². The third-order valence-electron chi connectivity index (χ3n) is 2.69. The van der Waals surface area contributed by atoms with Gasteiger partial charge in [-0.25, -0.2) is 4.99 Å². The van der Waals surface area contributed by atoms with Gasteiger partial charge in [-0.1, -0.05) is 29.8 Å². The molecule has 0 saturated carbocycles. The highest BCUT2D eigenvalue weighted by atomic mass is 127. The van der Waals surface area contributed by atoms with E-state index in [9.17, 15) is 0 Å². The molecule has 1 heterocycles. The second-order valence-electron chi connectivity index (χ2n) is 4.25. The van der Waals surface area contributed by atoms with Crippen molar-refractivity contribution in [3.05, 3.63) is 57.2 Å². The van der Waals surface area contributed by atoms with E-state index < -0.39 is 0 Å². The fraction of sp³-hybridized carbons (Fsp3) is 0.267. The molecule has 0 atom stereocenters. The topological polar surface area (TPSA) is 36.4 Å². The number of nitrogens with one attached hydrogen (secondary N) is 2. The predicted octanol–water partition coefficient (Wildman–Crippen LogP) is 4.27. The molecule has 0 aliphatic carbocycles. The van der Waals surface area contributed by atoms with Crippen LogP contribution in [-0.2, 0) is 13.1 Å². The van der Waals surface area contributed by atoms with Crippen LogP contribution in [0.15, 0.2) is 46.8 Å². The van der Waals surface area contributed by atoms with Crippen molar-refractivity contribution in [1.29, 1.82) is 0 Å². The highest BCUT2D eigenvalue weighted by Crippen LogP contribution is 2.10. The number of aliphatic imine (C=N–C) groups is 1. The van der Waals surface area contributed by atoms with Gasteiger partial charge in [-0.2, -0.15) is 0 Å². The average molecular weight is 436 g/mol. The van der Waals surface area contributed by atoms with Crippen molar-refractivity contribution < 1.29 is 0 Å². The maximum atomic E-state index is 5.87. The third-order valence-corrected chi connectivity index (χ3v) is 3.82. The van der Waals surface area contributed by atoms with E-state index in [0.717, 1.165) is 29.6 Å². The Kier molecular flexibility index (Phi) is 8.72. The van der Waals surface area contributed by atoms with Gasteiger partial charge >= 0.3 is 0 Å². The Hall–Kier alpha value is -0.790.